The van der Waals surface area contributed by atoms with Gasteiger partial charge in [-0.3, -0.25) is 14.6 Å². The lowest BCUT2D eigenvalue weighted by atomic mass is 9.98. The van der Waals surface area contributed by atoms with Gasteiger partial charge in [-0.15, -0.1) is 0 Å². The molecule has 0 saturated carbocycles. The number of carbonyl (C=O) groups excluding carboxylic acids is 2. The van der Waals surface area contributed by atoms with Gasteiger partial charge in [0, 0.05) is 14.0 Å². The van der Waals surface area contributed by atoms with Crippen LogP contribution in [0.1, 0.15) is 31.9 Å². The highest BCUT2D eigenvalue weighted by Crippen LogP contribution is 2.65. The summed E-state index contributed by atoms with van der Waals surface area (Å²) in [6, 6.07) is 6.00. The van der Waals surface area contributed by atoms with E-state index >= 15 is 0 Å². The molecule has 3 nitrogen and oxygen atoms in total. The third-order valence-electron chi connectivity index (χ3n) is 3.16. The molecule has 5 heteroatoms. The molecule has 1 aromatic rings. The predicted molar refractivity (Wildman–Crippen MR) is 88.5 cm³/mol. The van der Waals surface area contributed by atoms with E-state index < -0.39 is 7.92 Å². The fourth-order valence-electron chi connectivity index (χ4n) is 2.08. The van der Waals surface area contributed by atoms with Crippen molar-refractivity contribution in [1.82, 2.24) is 0 Å². The molecule has 1 aliphatic heterocycles. The summed E-state index contributed by atoms with van der Waals surface area (Å²) in [5.41, 5.74) is 3.54. The van der Waals surface area contributed by atoms with E-state index in [1.807, 2.05) is 52.8 Å². The van der Waals surface area contributed by atoms with Crippen molar-refractivity contribution in [3.05, 3.63) is 29.3 Å². The van der Waals surface area contributed by atoms with Crippen molar-refractivity contribution < 1.29 is 9.59 Å². The van der Waals surface area contributed by atoms with E-state index in [0.717, 1.165) is 22.3 Å². The number of para-hydroxylation sites is 1. The summed E-state index contributed by atoms with van der Waals surface area (Å²) in [6.45, 7) is 10.1. The van der Waals surface area contributed by atoms with Crippen molar-refractivity contribution in [2.75, 3.05) is 0 Å². The summed E-state index contributed by atoms with van der Waals surface area (Å²) < 4.78 is 0. The van der Waals surface area contributed by atoms with Crippen molar-refractivity contribution in [1.29, 1.82) is 0 Å². The second-order valence-corrected chi connectivity index (χ2v) is 9.90. The maximum absolute atomic E-state index is 11.8. The highest BCUT2D eigenvalue weighted by Gasteiger charge is 2.45. The SMILES string of the molecule is Cc1cccc(C)c1N=C(P1C(=O)PC1=O)C(C)(C)C. The van der Waals surface area contributed by atoms with Crippen LogP contribution in [0.15, 0.2) is 23.2 Å². The van der Waals surface area contributed by atoms with E-state index in [2.05, 4.69) is 0 Å². The molecule has 1 saturated heterocycles. The first-order valence-electron chi connectivity index (χ1n) is 6.52. The maximum atomic E-state index is 11.8. The van der Waals surface area contributed by atoms with Crippen LogP contribution < -0.4 is 0 Å². The molecule has 0 spiro atoms. The predicted octanol–water partition coefficient (Wildman–Crippen LogP) is 5.79. The summed E-state index contributed by atoms with van der Waals surface area (Å²) in [5.74, 6) is 0. The molecule has 1 heterocycles. The molecular formula is C15H19NO2P2. The molecule has 2 rings (SSSR count). The molecular weight excluding hydrogens is 288 g/mol. The summed E-state index contributed by atoms with van der Waals surface area (Å²) >= 11 is 0. The van der Waals surface area contributed by atoms with Gasteiger partial charge in [0.2, 0.25) is 0 Å². The van der Waals surface area contributed by atoms with Crippen LogP contribution in [0.5, 0.6) is 0 Å². The van der Waals surface area contributed by atoms with E-state index in [9.17, 15) is 9.59 Å². The van der Waals surface area contributed by atoms with Crippen LogP contribution >= 0.6 is 16.5 Å². The highest BCUT2D eigenvalue weighted by molar-refractivity contribution is 8.33. The lowest BCUT2D eigenvalue weighted by Gasteiger charge is -2.31. The Kier molecular flexibility index (Phi) is 4.23. The lowest BCUT2D eigenvalue weighted by Crippen LogP contribution is -2.25. The van der Waals surface area contributed by atoms with Crippen molar-refractivity contribution >= 4 is 38.2 Å². The second kappa shape index (κ2) is 5.47. The second-order valence-electron chi connectivity index (χ2n) is 6.00. The number of benzene rings is 1. The van der Waals surface area contributed by atoms with Crippen molar-refractivity contribution in [2.45, 2.75) is 34.6 Å². The molecule has 0 aromatic heterocycles. The van der Waals surface area contributed by atoms with Gasteiger partial charge in [0.1, 0.15) is 0 Å². The topological polar surface area (TPSA) is 46.5 Å². The van der Waals surface area contributed by atoms with Gasteiger partial charge in [0.15, 0.2) is 10.5 Å². The molecule has 0 bridgehead atoms. The van der Waals surface area contributed by atoms with Gasteiger partial charge in [0.25, 0.3) is 0 Å². The lowest BCUT2D eigenvalue weighted by molar-refractivity contribution is 0.269. The molecule has 0 atom stereocenters. The molecule has 0 aliphatic carbocycles. The molecule has 1 aromatic carbocycles. The monoisotopic (exact) mass is 307 g/mol. The molecule has 0 amide bonds. The third-order valence-corrected chi connectivity index (χ3v) is 7.61. The van der Waals surface area contributed by atoms with Gasteiger partial charge < -0.3 is 0 Å². The minimum atomic E-state index is -1.34. The van der Waals surface area contributed by atoms with E-state index in [1.54, 1.807) is 0 Å². The zero-order valence-electron chi connectivity index (χ0n) is 12.4. The van der Waals surface area contributed by atoms with Crippen LogP contribution in [0.4, 0.5) is 15.3 Å². The molecule has 1 aliphatic rings. The zero-order chi connectivity index (χ0) is 15.1. The van der Waals surface area contributed by atoms with Gasteiger partial charge in [0.05, 0.1) is 19.1 Å². The summed E-state index contributed by atoms with van der Waals surface area (Å²) in [6.07, 6.45) is 0. The van der Waals surface area contributed by atoms with Crippen LogP contribution in [-0.4, -0.2) is 16.0 Å². The Morgan fingerprint density at radius 2 is 1.60 bits per heavy atom. The average molecular weight is 307 g/mol. The molecule has 20 heavy (non-hydrogen) atoms. The molecule has 106 valence electrons. The first-order chi connectivity index (χ1) is 9.21. The number of hydrogen-bond donors (Lipinski definition) is 0. The maximum Gasteiger partial charge on any atom is 0.193 e. The Labute approximate surface area is 122 Å². The number of rotatable bonds is 2. The fourth-order valence-corrected chi connectivity index (χ4v) is 5.67. The Morgan fingerprint density at radius 1 is 1.10 bits per heavy atom. The van der Waals surface area contributed by atoms with Gasteiger partial charge in [-0.2, -0.15) is 0 Å². The Bertz CT molecular complexity index is 581. The summed E-state index contributed by atoms with van der Waals surface area (Å²) in [5, 5.41) is 0.176. The Morgan fingerprint density at radius 3 is 2.00 bits per heavy atom. The number of aryl methyl sites for hydroxylation is 2. The minimum absolute atomic E-state index is 0.0879. The fraction of sp³-hybridized carbons (Fsp3) is 0.400. The Hall–Kier alpha value is -0.910. The molecule has 0 N–H and O–H groups in total. The number of nitrogens with zero attached hydrogens (tertiary/aromatic N) is 1. The van der Waals surface area contributed by atoms with Gasteiger partial charge in [-0.05, 0) is 25.0 Å². The van der Waals surface area contributed by atoms with Crippen LogP contribution in [0, 0.1) is 19.3 Å². The van der Waals surface area contributed by atoms with Gasteiger partial charge >= 0.3 is 0 Å². The van der Waals surface area contributed by atoms with Crippen LogP contribution in [0.2, 0.25) is 0 Å². The van der Waals surface area contributed by atoms with E-state index in [-0.39, 0.29) is 24.5 Å². The first-order valence-corrected chi connectivity index (χ1v) is 8.86. The first kappa shape index (κ1) is 15.5. The highest BCUT2D eigenvalue weighted by atomic mass is 31.2. The van der Waals surface area contributed by atoms with Crippen molar-refractivity contribution in [3.8, 4) is 0 Å². The van der Waals surface area contributed by atoms with E-state index in [1.165, 1.54) is 0 Å². The largest absolute Gasteiger partial charge is 0.288 e. The van der Waals surface area contributed by atoms with Crippen LogP contribution in [0.25, 0.3) is 0 Å². The summed E-state index contributed by atoms with van der Waals surface area (Å²) in [4.78, 5) is 28.4. The zero-order valence-corrected chi connectivity index (χ0v) is 14.3. The standard InChI is InChI=1S/C15H19NO2P2/c1-9-7-6-8-10(2)11(9)16-12(15(3,4)5)20-13(17)19-14(20)18/h6-8,19H,1-5H3. The third kappa shape index (κ3) is 2.90. The normalized spacial score (nSPS) is 21.2. The smallest absolute Gasteiger partial charge is 0.193 e. The molecule has 0 radical (unpaired) electrons. The Balaban J connectivity index is 2.55. The molecule has 1 fully saturated rings. The van der Waals surface area contributed by atoms with E-state index in [0.29, 0.717) is 0 Å². The van der Waals surface area contributed by atoms with Crippen LogP contribution in [-0.2, 0) is 0 Å². The van der Waals surface area contributed by atoms with Crippen molar-refractivity contribution in [3.63, 3.8) is 0 Å². The summed E-state index contributed by atoms with van der Waals surface area (Å²) in [7, 11) is -1.49. The van der Waals surface area contributed by atoms with Crippen LogP contribution in [0.3, 0.4) is 0 Å². The van der Waals surface area contributed by atoms with E-state index in [4.69, 9.17) is 4.99 Å². The quantitative estimate of drug-likeness (QED) is 0.512. The number of aliphatic imine (C=N–C) groups is 1. The van der Waals surface area contributed by atoms with Gasteiger partial charge in [-0.25, -0.2) is 0 Å². The van der Waals surface area contributed by atoms with Gasteiger partial charge in [-0.1, -0.05) is 39.0 Å². The van der Waals surface area contributed by atoms with Crippen molar-refractivity contribution in [2.24, 2.45) is 10.4 Å². The minimum Gasteiger partial charge on any atom is -0.288 e. The average Bonchev–Trinajstić information content (AvgIpc) is 2.31. The number of carbonyl (C=O) groups is 2. The number of hydrogen-bond acceptors (Lipinski definition) is 3. The molecule has 0 unspecified atom stereocenters.